The Kier molecular flexibility index (Phi) is 5.69. The summed E-state index contributed by atoms with van der Waals surface area (Å²) in [6.07, 6.45) is 0.917. The fourth-order valence-corrected chi connectivity index (χ4v) is 5.04. The molecule has 1 aliphatic carbocycles. The maximum Gasteiger partial charge on any atom is 0.159 e. The van der Waals surface area contributed by atoms with E-state index in [0.717, 1.165) is 22.3 Å². The molecule has 3 aliphatic rings. The number of benzene rings is 2. The Morgan fingerprint density at radius 1 is 0.903 bits per heavy atom. The number of hydrogen-bond acceptors (Lipinski definition) is 5. The van der Waals surface area contributed by atoms with Crippen molar-refractivity contribution in [2.45, 2.75) is 50.6 Å². The molecule has 31 heavy (non-hydrogen) atoms. The summed E-state index contributed by atoms with van der Waals surface area (Å²) in [5.41, 5.74) is 3.74. The van der Waals surface area contributed by atoms with Crippen molar-refractivity contribution in [2.75, 3.05) is 13.2 Å². The molecule has 2 aromatic rings. The third-order valence-corrected chi connectivity index (χ3v) is 6.80. The quantitative estimate of drug-likeness (QED) is 0.656. The molecule has 1 saturated carbocycles. The number of fused-ring (bicyclic) bond motifs is 1. The van der Waals surface area contributed by atoms with Gasteiger partial charge in [0, 0.05) is 24.3 Å². The summed E-state index contributed by atoms with van der Waals surface area (Å²) in [5, 5.41) is 0.672. The van der Waals surface area contributed by atoms with Gasteiger partial charge in [0.1, 0.15) is 29.7 Å². The second-order valence-corrected chi connectivity index (χ2v) is 9.21. The molecule has 0 spiro atoms. The molecule has 2 saturated heterocycles. The Morgan fingerprint density at radius 2 is 1.52 bits per heavy atom. The standard InChI is InChI=1S/C25H25ClO5/c1-14-2-3-17(16-4-6-18(26)7-5-16)11-19(14)25-20(27)8-15(9-21(25)28)10-24-30-22-12-29-13-23(22)31-24/h2-7,11,15,22-25H,8-10,12-13H2,1H3. The predicted molar refractivity (Wildman–Crippen MR) is 116 cm³/mol. The normalized spacial score (nSPS) is 30.6. The van der Waals surface area contributed by atoms with Crippen molar-refractivity contribution < 1.29 is 23.8 Å². The Bertz CT molecular complexity index is 971. The van der Waals surface area contributed by atoms with Crippen molar-refractivity contribution in [3.63, 3.8) is 0 Å². The molecular formula is C25H25ClO5. The van der Waals surface area contributed by atoms with E-state index in [2.05, 4.69) is 0 Å². The summed E-state index contributed by atoms with van der Waals surface area (Å²) < 4.78 is 17.1. The van der Waals surface area contributed by atoms with Crippen LogP contribution in [0.1, 0.15) is 36.3 Å². The number of ketones is 2. The summed E-state index contributed by atoms with van der Waals surface area (Å²) in [4.78, 5) is 26.2. The minimum absolute atomic E-state index is 0.0147. The average Bonchev–Trinajstić information content (AvgIpc) is 3.31. The Labute approximate surface area is 186 Å². The van der Waals surface area contributed by atoms with Crippen LogP contribution < -0.4 is 0 Å². The molecule has 3 fully saturated rings. The Morgan fingerprint density at radius 3 is 2.16 bits per heavy atom. The van der Waals surface area contributed by atoms with Crippen LogP contribution in [0, 0.1) is 12.8 Å². The number of carbonyl (C=O) groups excluding carboxylic acids is 2. The largest absolute Gasteiger partial charge is 0.376 e. The van der Waals surface area contributed by atoms with Crippen LogP contribution in [0.5, 0.6) is 0 Å². The van der Waals surface area contributed by atoms with Crippen LogP contribution in [0.2, 0.25) is 5.02 Å². The van der Waals surface area contributed by atoms with Crippen molar-refractivity contribution in [1.82, 2.24) is 0 Å². The minimum Gasteiger partial charge on any atom is -0.376 e. The average molecular weight is 441 g/mol. The van der Waals surface area contributed by atoms with Gasteiger partial charge in [0.05, 0.1) is 13.2 Å². The molecule has 0 aromatic heterocycles. The number of hydrogen-bond donors (Lipinski definition) is 0. The fraction of sp³-hybridized carbons (Fsp3) is 0.440. The van der Waals surface area contributed by atoms with Gasteiger partial charge in [-0.25, -0.2) is 0 Å². The molecule has 2 heterocycles. The van der Waals surface area contributed by atoms with Crippen molar-refractivity contribution in [2.24, 2.45) is 5.92 Å². The molecule has 0 bridgehead atoms. The highest BCUT2D eigenvalue weighted by molar-refractivity contribution is 6.30. The van der Waals surface area contributed by atoms with E-state index in [1.165, 1.54) is 0 Å². The lowest BCUT2D eigenvalue weighted by atomic mass is 9.74. The topological polar surface area (TPSA) is 61.8 Å². The number of ether oxygens (including phenoxy) is 3. The molecule has 0 radical (unpaired) electrons. The van der Waals surface area contributed by atoms with Crippen molar-refractivity contribution in [3.05, 3.63) is 58.6 Å². The summed E-state index contributed by atoms with van der Waals surface area (Å²) >= 11 is 6.00. The highest BCUT2D eigenvalue weighted by Crippen LogP contribution is 2.38. The summed E-state index contributed by atoms with van der Waals surface area (Å²) in [6, 6.07) is 13.5. The summed E-state index contributed by atoms with van der Waals surface area (Å²) in [7, 11) is 0. The van der Waals surface area contributed by atoms with Gasteiger partial charge in [0.25, 0.3) is 0 Å². The van der Waals surface area contributed by atoms with Crippen LogP contribution in [0.4, 0.5) is 0 Å². The molecule has 2 aromatic carbocycles. The zero-order valence-electron chi connectivity index (χ0n) is 17.4. The number of carbonyl (C=O) groups is 2. The van der Waals surface area contributed by atoms with Crippen LogP contribution in [-0.2, 0) is 23.8 Å². The molecule has 6 heteroatoms. The van der Waals surface area contributed by atoms with Crippen LogP contribution >= 0.6 is 11.6 Å². The van der Waals surface area contributed by atoms with E-state index in [4.69, 9.17) is 25.8 Å². The van der Waals surface area contributed by atoms with Gasteiger partial charge in [-0.2, -0.15) is 0 Å². The third kappa shape index (κ3) is 4.20. The lowest BCUT2D eigenvalue weighted by molar-refractivity contribution is -0.137. The lowest BCUT2D eigenvalue weighted by Crippen LogP contribution is -2.34. The highest BCUT2D eigenvalue weighted by Gasteiger charge is 2.43. The Hall–Kier alpha value is -2.05. The predicted octanol–water partition coefficient (Wildman–Crippen LogP) is 4.48. The third-order valence-electron chi connectivity index (χ3n) is 6.55. The van der Waals surface area contributed by atoms with E-state index < -0.39 is 5.92 Å². The van der Waals surface area contributed by atoms with Gasteiger partial charge in [0.2, 0.25) is 0 Å². The monoisotopic (exact) mass is 440 g/mol. The summed E-state index contributed by atoms with van der Waals surface area (Å²) in [6.45, 7) is 3.05. The van der Waals surface area contributed by atoms with Crippen molar-refractivity contribution in [1.29, 1.82) is 0 Å². The number of aryl methyl sites for hydroxylation is 1. The molecule has 5 rings (SSSR count). The molecule has 0 amide bonds. The van der Waals surface area contributed by atoms with Gasteiger partial charge in [-0.1, -0.05) is 35.9 Å². The van der Waals surface area contributed by atoms with Crippen LogP contribution in [0.25, 0.3) is 11.1 Å². The fourth-order valence-electron chi connectivity index (χ4n) is 4.92. The molecule has 5 nitrogen and oxygen atoms in total. The van der Waals surface area contributed by atoms with Gasteiger partial charge < -0.3 is 14.2 Å². The number of rotatable bonds is 4. The van der Waals surface area contributed by atoms with E-state index in [1.807, 2.05) is 49.4 Å². The first-order chi connectivity index (χ1) is 15.0. The SMILES string of the molecule is Cc1ccc(-c2ccc(Cl)cc2)cc1C1C(=O)CC(CC2OC3COCC3O2)CC1=O. The summed E-state index contributed by atoms with van der Waals surface area (Å²) in [5.74, 6) is -0.763. The minimum atomic E-state index is -0.693. The van der Waals surface area contributed by atoms with Crippen LogP contribution in [0.15, 0.2) is 42.5 Å². The van der Waals surface area contributed by atoms with Gasteiger partial charge in [-0.15, -0.1) is 0 Å². The van der Waals surface area contributed by atoms with E-state index >= 15 is 0 Å². The van der Waals surface area contributed by atoms with Gasteiger partial charge in [-0.3, -0.25) is 9.59 Å². The highest BCUT2D eigenvalue weighted by atomic mass is 35.5. The second-order valence-electron chi connectivity index (χ2n) is 8.77. The van der Waals surface area contributed by atoms with Crippen molar-refractivity contribution in [3.8, 4) is 11.1 Å². The first kappa shape index (κ1) is 20.8. The molecule has 0 N–H and O–H groups in total. The van der Waals surface area contributed by atoms with Crippen LogP contribution in [0.3, 0.4) is 0 Å². The Balaban J connectivity index is 1.31. The van der Waals surface area contributed by atoms with E-state index in [-0.39, 0.29) is 36.0 Å². The molecule has 2 atom stereocenters. The molecule has 162 valence electrons. The first-order valence-corrected chi connectivity index (χ1v) is 11.2. The van der Waals surface area contributed by atoms with Gasteiger partial charge in [-0.05, 0) is 53.3 Å². The van der Waals surface area contributed by atoms with Gasteiger partial charge in [0.15, 0.2) is 6.29 Å². The van der Waals surface area contributed by atoms with E-state index in [0.29, 0.717) is 37.5 Å². The second kappa shape index (κ2) is 8.47. The van der Waals surface area contributed by atoms with Crippen LogP contribution in [-0.4, -0.2) is 43.3 Å². The maximum absolute atomic E-state index is 13.1. The zero-order chi connectivity index (χ0) is 21.5. The molecule has 2 unspecified atom stereocenters. The van der Waals surface area contributed by atoms with Gasteiger partial charge >= 0.3 is 0 Å². The maximum atomic E-state index is 13.1. The zero-order valence-corrected chi connectivity index (χ0v) is 18.1. The number of Topliss-reactive ketones (excluding diaryl/α,β-unsaturated/α-hetero) is 2. The smallest absolute Gasteiger partial charge is 0.159 e. The van der Waals surface area contributed by atoms with E-state index in [9.17, 15) is 9.59 Å². The van der Waals surface area contributed by atoms with Crippen molar-refractivity contribution >= 4 is 23.2 Å². The number of halogens is 1. The molecular weight excluding hydrogens is 416 g/mol. The molecule has 2 aliphatic heterocycles. The lowest BCUT2D eigenvalue weighted by Gasteiger charge is -2.29. The van der Waals surface area contributed by atoms with E-state index in [1.54, 1.807) is 0 Å². The first-order valence-electron chi connectivity index (χ1n) is 10.8.